The number of aromatic amines is 1. The van der Waals surface area contributed by atoms with E-state index in [0.29, 0.717) is 29.0 Å². The zero-order chi connectivity index (χ0) is 18.2. The minimum absolute atomic E-state index is 0.183. The maximum Gasteiger partial charge on any atom is 0.241 e. The first-order valence-electron chi connectivity index (χ1n) is 8.74. The lowest BCUT2D eigenvalue weighted by Gasteiger charge is -2.20. The molecular weight excluding hydrogens is 366 g/mol. The number of fused-ring (bicyclic) bond motifs is 1. The third-order valence-corrected chi connectivity index (χ3v) is 4.98. The van der Waals surface area contributed by atoms with Gasteiger partial charge in [-0.25, -0.2) is 9.97 Å². The van der Waals surface area contributed by atoms with Crippen molar-refractivity contribution in [1.29, 1.82) is 0 Å². The maximum atomic E-state index is 6.08. The van der Waals surface area contributed by atoms with E-state index in [9.17, 15) is 0 Å². The van der Waals surface area contributed by atoms with Crippen molar-refractivity contribution >= 4 is 22.6 Å². The topological polar surface area (TPSA) is 96.6 Å². The van der Waals surface area contributed by atoms with Gasteiger partial charge in [0.05, 0.1) is 29.8 Å². The third kappa shape index (κ3) is 3.17. The average Bonchev–Trinajstić information content (AvgIpc) is 3.41. The number of likely N-dealkylation sites (tertiary alicyclic amines) is 1. The fraction of sp³-hybridized carbons (Fsp3) is 0.278. The number of imidazole rings is 1. The standard InChI is InChI=1S/C18H16ClN7O/c19-11-3-4-12-13(8-11)23-18(22-12)15-2-1-7-26(15)10-16-24-17(25-27-16)14-9-20-5-6-21-14/h3-6,8-9,15H,1-2,7,10H2,(H,22,23). The quantitative estimate of drug-likeness (QED) is 0.578. The van der Waals surface area contributed by atoms with Crippen LogP contribution < -0.4 is 0 Å². The van der Waals surface area contributed by atoms with Crippen molar-refractivity contribution in [1.82, 2.24) is 35.0 Å². The van der Waals surface area contributed by atoms with Crippen LogP contribution in [0.5, 0.6) is 0 Å². The van der Waals surface area contributed by atoms with Crippen LogP contribution in [0.1, 0.15) is 30.6 Å². The van der Waals surface area contributed by atoms with E-state index < -0.39 is 0 Å². The Labute approximate surface area is 159 Å². The van der Waals surface area contributed by atoms with Crippen molar-refractivity contribution in [3.05, 3.63) is 53.5 Å². The van der Waals surface area contributed by atoms with Gasteiger partial charge in [-0.15, -0.1) is 0 Å². The van der Waals surface area contributed by atoms with E-state index in [0.717, 1.165) is 36.2 Å². The Morgan fingerprint density at radius 1 is 1.26 bits per heavy atom. The first-order chi connectivity index (χ1) is 13.3. The molecule has 3 aromatic heterocycles. The van der Waals surface area contributed by atoms with Gasteiger partial charge in [0.1, 0.15) is 11.5 Å². The van der Waals surface area contributed by atoms with Crippen molar-refractivity contribution in [2.45, 2.75) is 25.4 Å². The van der Waals surface area contributed by atoms with Gasteiger partial charge in [0.15, 0.2) is 0 Å². The number of hydrogen-bond acceptors (Lipinski definition) is 7. The Kier molecular flexibility index (Phi) is 4.06. The van der Waals surface area contributed by atoms with E-state index in [1.807, 2.05) is 18.2 Å². The van der Waals surface area contributed by atoms with Crippen LogP contribution >= 0.6 is 11.6 Å². The molecule has 4 heterocycles. The molecule has 0 spiro atoms. The molecule has 0 amide bonds. The predicted molar refractivity (Wildman–Crippen MR) is 98.8 cm³/mol. The number of halogens is 1. The summed E-state index contributed by atoms with van der Waals surface area (Å²) in [4.78, 5) is 23.1. The molecule has 1 saturated heterocycles. The molecule has 5 rings (SSSR count). The maximum absolute atomic E-state index is 6.08. The summed E-state index contributed by atoms with van der Waals surface area (Å²) in [6, 6.07) is 5.87. The summed E-state index contributed by atoms with van der Waals surface area (Å²) < 4.78 is 5.42. The van der Waals surface area contributed by atoms with Gasteiger partial charge >= 0.3 is 0 Å². The average molecular weight is 382 g/mol. The van der Waals surface area contributed by atoms with E-state index in [-0.39, 0.29) is 6.04 Å². The van der Waals surface area contributed by atoms with Crippen LogP contribution in [0.4, 0.5) is 0 Å². The normalized spacial score (nSPS) is 17.7. The van der Waals surface area contributed by atoms with E-state index in [2.05, 4.69) is 30.0 Å². The van der Waals surface area contributed by atoms with Crippen molar-refractivity contribution in [2.24, 2.45) is 0 Å². The lowest BCUT2D eigenvalue weighted by molar-refractivity contribution is 0.207. The van der Waals surface area contributed by atoms with E-state index in [1.165, 1.54) is 0 Å². The van der Waals surface area contributed by atoms with Crippen molar-refractivity contribution < 1.29 is 4.52 Å². The molecule has 136 valence electrons. The van der Waals surface area contributed by atoms with Gasteiger partial charge in [-0.3, -0.25) is 9.88 Å². The van der Waals surface area contributed by atoms with Gasteiger partial charge < -0.3 is 9.51 Å². The zero-order valence-electron chi connectivity index (χ0n) is 14.3. The molecule has 1 fully saturated rings. The lowest BCUT2D eigenvalue weighted by Crippen LogP contribution is -2.23. The SMILES string of the molecule is Clc1ccc2nc(C3CCCN3Cc3nc(-c4cnccn4)no3)[nH]c2c1. The fourth-order valence-electron chi connectivity index (χ4n) is 3.50. The third-order valence-electron chi connectivity index (χ3n) is 4.74. The van der Waals surface area contributed by atoms with Gasteiger partial charge in [0, 0.05) is 17.4 Å². The van der Waals surface area contributed by atoms with Gasteiger partial charge in [0.25, 0.3) is 0 Å². The van der Waals surface area contributed by atoms with Crippen LogP contribution in [0.2, 0.25) is 5.02 Å². The minimum Gasteiger partial charge on any atom is -0.341 e. The Balaban J connectivity index is 1.37. The predicted octanol–water partition coefficient (Wildman–Crippen LogP) is 3.39. The number of nitrogens with one attached hydrogen (secondary N) is 1. The molecule has 0 bridgehead atoms. The van der Waals surface area contributed by atoms with Crippen LogP contribution in [0, 0.1) is 0 Å². The molecule has 4 aromatic rings. The van der Waals surface area contributed by atoms with E-state index in [1.54, 1.807) is 18.6 Å². The first-order valence-corrected chi connectivity index (χ1v) is 9.12. The molecular formula is C18H16ClN7O. The lowest BCUT2D eigenvalue weighted by atomic mass is 10.2. The molecule has 1 N–H and O–H groups in total. The minimum atomic E-state index is 0.183. The summed E-state index contributed by atoms with van der Waals surface area (Å²) in [5.41, 5.74) is 2.47. The molecule has 27 heavy (non-hydrogen) atoms. The van der Waals surface area contributed by atoms with Crippen LogP contribution in [0.3, 0.4) is 0 Å². The summed E-state index contributed by atoms with van der Waals surface area (Å²) in [6.07, 6.45) is 6.95. The van der Waals surface area contributed by atoms with Crippen molar-refractivity contribution in [3.8, 4) is 11.5 Å². The van der Waals surface area contributed by atoms with Gasteiger partial charge in [-0.1, -0.05) is 16.8 Å². The second kappa shape index (κ2) is 6.71. The largest absolute Gasteiger partial charge is 0.341 e. The van der Waals surface area contributed by atoms with E-state index >= 15 is 0 Å². The molecule has 0 radical (unpaired) electrons. The number of aromatic nitrogens is 6. The smallest absolute Gasteiger partial charge is 0.241 e. The Morgan fingerprint density at radius 2 is 2.22 bits per heavy atom. The molecule has 1 aliphatic heterocycles. The summed E-state index contributed by atoms with van der Waals surface area (Å²) in [7, 11) is 0. The van der Waals surface area contributed by atoms with Crippen LogP contribution in [0.25, 0.3) is 22.6 Å². The number of hydrogen-bond donors (Lipinski definition) is 1. The Morgan fingerprint density at radius 3 is 3.11 bits per heavy atom. The Bertz CT molecular complexity index is 1080. The molecule has 1 aliphatic rings. The van der Waals surface area contributed by atoms with Crippen LogP contribution in [-0.2, 0) is 6.54 Å². The summed E-state index contributed by atoms with van der Waals surface area (Å²) in [6.45, 7) is 1.51. The number of nitrogens with zero attached hydrogens (tertiary/aromatic N) is 6. The van der Waals surface area contributed by atoms with Crippen LogP contribution in [0.15, 0.2) is 41.3 Å². The van der Waals surface area contributed by atoms with Crippen molar-refractivity contribution in [3.63, 3.8) is 0 Å². The summed E-state index contributed by atoms with van der Waals surface area (Å²) in [5.74, 6) is 1.95. The first kappa shape index (κ1) is 16.3. The highest BCUT2D eigenvalue weighted by Crippen LogP contribution is 2.33. The highest BCUT2D eigenvalue weighted by atomic mass is 35.5. The second-order valence-electron chi connectivity index (χ2n) is 6.51. The molecule has 8 nitrogen and oxygen atoms in total. The highest BCUT2D eigenvalue weighted by molar-refractivity contribution is 6.31. The Hall–Kier alpha value is -2.84. The summed E-state index contributed by atoms with van der Waals surface area (Å²) in [5, 5.41) is 4.71. The second-order valence-corrected chi connectivity index (χ2v) is 6.95. The van der Waals surface area contributed by atoms with Crippen LogP contribution in [-0.4, -0.2) is 41.5 Å². The van der Waals surface area contributed by atoms with Crippen molar-refractivity contribution in [2.75, 3.05) is 6.54 Å². The highest BCUT2D eigenvalue weighted by Gasteiger charge is 2.30. The number of rotatable bonds is 4. The van der Waals surface area contributed by atoms with E-state index in [4.69, 9.17) is 21.1 Å². The number of H-pyrrole nitrogens is 1. The molecule has 0 aliphatic carbocycles. The van der Waals surface area contributed by atoms with Gasteiger partial charge in [0.2, 0.25) is 11.7 Å². The molecule has 0 saturated carbocycles. The molecule has 1 unspecified atom stereocenters. The van der Waals surface area contributed by atoms with Gasteiger partial charge in [-0.05, 0) is 37.6 Å². The fourth-order valence-corrected chi connectivity index (χ4v) is 3.67. The molecule has 9 heteroatoms. The summed E-state index contributed by atoms with van der Waals surface area (Å²) >= 11 is 6.08. The molecule has 1 atom stereocenters. The molecule has 1 aromatic carbocycles. The van der Waals surface area contributed by atoms with Gasteiger partial charge in [-0.2, -0.15) is 4.98 Å². The number of benzene rings is 1. The monoisotopic (exact) mass is 381 g/mol. The zero-order valence-corrected chi connectivity index (χ0v) is 15.1.